The van der Waals surface area contributed by atoms with Crippen molar-refractivity contribution in [3.63, 3.8) is 0 Å². The van der Waals surface area contributed by atoms with Gasteiger partial charge in [-0.1, -0.05) is 13.8 Å². The fourth-order valence-electron chi connectivity index (χ4n) is 2.31. The van der Waals surface area contributed by atoms with Crippen molar-refractivity contribution < 1.29 is 28.9 Å². The molecule has 0 bridgehead atoms. The van der Waals surface area contributed by atoms with Crippen LogP contribution in [-0.2, 0) is 23.8 Å². The third-order valence-corrected chi connectivity index (χ3v) is 4.38. The lowest BCUT2D eigenvalue weighted by Gasteiger charge is -2.42. The van der Waals surface area contributed by atoms with Crippen LogP contribution < -0.4 is 0 Å². The second-order valence-corrected chi connectivity index (χ2v) is 8.75. The van der Waals surface area contributed by atoms with E-state index in [1.54, 1.807) is 41.5 Å². The van der Waals surface area contributed by atoms with Crippen molar-refractivity contribution in [2.75, 3.05) is 6.61 Å². The van der Waals surface area contributed by atoms with E-state index in [0.717, 1.165) is 0 Å². The molecule has 0 aromatic heterocycles. The van der Waals surface area contributed by atoms with Crippen LogP contribution in [-0.4, -0.2) is 42.1 Å². The van der Waals surface area contributed by atoms with Gasteiger partial charge in [0, 0.05) is 5.92 Å². The highest BCUT2D eigenvalue weighted by Crippen LogP contribution is 2.33. The third-order valence-electron chi connectivity index (χ3n) is 4.38. The van der Waals surface area contributed by atoms with Crippen molar-refractivity contribution in [1.29, 1.82) is 0 Å². The van der Waals surface area contributed by atoms with Gasteiger partial charge in [-0.3, -0.25) is 9.59 Å². The van der Waals surface area contributed by atoms with Gasteiger partial charge in [0.2, 0.25) is 0 Å². The smallest absolute Gasteiger partial charge is 0.311 e. The second-order valence-electron chi connectivity index (χ2n) is 8.75. The van der Waals surface area contributed by atoms with E-state index in [1.807, 2.05) is 13.8 Å². The highest BCUT2D eigenvalue weighted by atomic mass is 16.7. The van der Waals surface area contributed by atoms with Crippen molar-refractivity contribution in [3.05, 3.63) is 0 Å². The summed E-state index contributed by atoms with van der Waals surface area (Å²) in [7, 11) is 0. The van der Waals surface area contributed by atoms with Crippen LogP contribution in [0, 0.1) is 22.7 Å². The zero-order chi connectivity index (χ0) is 18.9. The summed E-state index contributed by atoms with van der Waals surface area (Å²) in [6.45, 7) is 14.5. The number of carbonyl (C=O) groups is 2. The Bertz CT molecular complexity index is 457. The summed E-state index contributed by atoms with van der Waals surface area (Å²) in [6, 6.07) is 0. The Balaban J connectivity index is 2.70. The van der Waals surface area contributed by atoms with E-state index in [0.29, 0.717) is 0 Å². The Morgan fingerprint density at radius 3 is 1.92 bits per heavy atom. The van der Waals surface area contributed by atoms with Crippen LogP contribution in [0.5, 0.6) is 0 Å². The number of aliphatic hydroxyl groups is 1. The summed E-state index contributed by atoms with van der Waals surface area (Å²) in [4.78, 5) is 24.0. The monoisotopic (exact) mass is 344 g/mol. The van der Waals surface area contributed by atoms with E-state index in [4.69, 9.17) is 14.2 Å². The summed E-state index contributed by atoms with van der Waals surface area (Å²) in [5.74, 6) is -0.870. The lowest BCUT2D eigenvalue weighted by molar-refractivity contribution is -0.266. The number of esters is 2. The first kappa shape index (κ1) is 20.9. The van der Waals surface area contributed by atoms with Crippen molar-refractivity contribution in [1.82, 2.24) is 0 Å². The van der Waals surface area contributed by atoms with Gasteiger partial charge in [-0.05, 0) is 47.5 Å². The molecule has 0 amide bonds. The number of carbonyl (C=O) groups excluding carboxylic acids is 2. The summed E-state index contributed by atoms with van der Waals surface area (Å²) < 4.78 is 16.3. The SMILES string of the molecule is C[C@@H]1C(OC(=O)C(C)(C)C)C(O)OC(COC(=O)C(C)(C)C)[C@@H]1C. The Morgan fingerprint density at radius 1 is 0.958 bits per heavy atom. The van der Waals surface area contributed by atoms with E-state index in [1.165, 1.54) is 0 Å². The molecular formula is C18H32O6. The molecule has 24 heavy (non-hydrogen) atoms. The molecule has 1 aliphatic heterocycles. The molecule has 1 fully saturated rings. The number of hydrogen-bond donors (Lipinski definition) is 1. The zero-order valence-electron chi connectivity index (χ0n) is 16.1. The lowest BCUT2D eigenvalue weighted by atomic mass is 9.83. The molecule has 0 aliphatic carbocycles. The van der Waals surface area contributed by atoms with E-state index >= 15 is 0 Å². The zero-order valence-corrected chi connectivity index (χ0v) is 16.1. The van der Waals surface area contributed by atoms with Crippen LogP contribution in [0.2, 0.25) is 0 Å². The molecule has 6 nitrogen and oxygen atoms in total. The number of ether oxygens (including phenoxy) is 3. The molecule has 5 atom stereocenters. The lowest BCUT2D eigenvalue weighted by Crippen LogP contribution is -2.53. The molecule has 0 spiro atoms. The van der Waals surface area contributed by atoms with Gasteiger partial charge < -0.3 is 19.3 Å². The molecule has 0 radical (unpaired) electrons. The first-order valence-electron chi connectivity index (χ1n) is 8.47. The van der Waals surface area contributed by atoms with Crippen LogP contribution in [0.25, 0.3) is 0 Å². The van der Waals surface area contributed by atoms with Gasteiger partial charge in [-0.2, -0.15) is 0 Å². The van der Waals surface area contributed by atoms with E-state index < -0.39 is 29.3 Å². The molecule has 0 aromatic carbocycles. The fraction of sp³-hybridized carbons (Fsp3) is 0.889. The number of rotatable bonds is 3. The van der Waals surface area contributed by atoms with E-state index in [2.05, 4.69) is 0 Å². The molecule has 1 saturated heterocycles. The maximum Gasteiger partial charge on any atom is 0.311 e. The first-order valence-corrected chi connectivity index (χ1v) is 8.47. The van der Waals surface area contributed by atoms with Crippen molar-refractivity contribution in [2.24, 2.45) is 22.7 Å². The molecule has 0 aromatic rings. The normalized spacial score (nSPS) is 31.5. The van der Waals surface area contributed by atoms with Gasteiger partial charge in [0.1, 0.15) is 6.61 Å². The highest BCUT2D eigenvalue weighted by molar-refractivity contribution is 5.75. The topological polar surface area (TPSA) is 82.1 Å². The van der Waals surface area contributed by atoms with Crippen LogP contribution in [0.15, 0.2) is 0 Å². The van der Waals surface area contributed by atoms with E-state index in [-0.39, 0.29) is 30.4 Å². The second kappa shape index (κ2) is 7.40. The minimum absolute atomic E-state index is 0.0427. The fourth-order valence-corrected chi connectivity index (χ4v) is 2.31. The van der Waals surface area contributed by atoms with Crippen LogP contribution in [0.3, 0.4) is 0 Å². The molecule has 1 heterocycles. The largest absolute Gasteiger partial charge is 0.463 e. The van der Waals surface area contributed by atoms with Gasteiger partial charge >= 0.3 is 11.9 Å². The van der Waals surface area contributed by atoms with Crippen molar-refractivity contribution in [2.45, 2.75) is 73.9 Å². The summed E-state index contributed by atoms with van der Waals surface area (Å²) in [5, 5.41) is 10.2. The molecule has 1 N–H and O–H groups in total. The molecule has 140 valence electrons. The third kappa shape index (κ3) is 5.18. The average molecular weight is 344 g/mol. The van der Waals surface area contributed by atoms with Crippen molar-refractivity contribution in [3.8, 4) is 0 Å². The maximum absolute atomic E-state index is 12.1. The Hall–Kier alpha value is -1.14. The van der Waals surface area contributed by atoms with Crippen molar-refractivity contribution >= 4 is 11.9 Å². The van der Waals surface area contributed by atoms with Gasteiger partial charge in [0.15, 0.2) is 12.4 Å². The van der Waals surface area contributed by atoms with E-state index in [9.17, 15) is 14.7 Å². The number of hydrogen-bond acceptors (Lipinski definition) is 6. The first-order chi connectivity index (χ1) is 10.7. The predicted molar refractivity (Wildman–Crippen MR) is 89.0 cm³/mol. The minimum atomic E-state index is -1.24. The highest BCUT2D eigenvalue weighted by Gasteiger charge is 2.44. The van der Waals surface area contributed by atoms with Gasteiger partial charge in [0.25, 0.3) is 0 Å². The summed E-state index contributed by atoms with van der Waals surface area (Å²) in [6.07, 6.45) is -2.41. The van der Waals surface area contributed by atoms with Gasteiger partial charge in [0.05, 0.1) is 16.9 Å². The predicted octanol–water partition coefficient (Wildman–Crippen LogP) is 2.52. The van der Waals surface area contributed by atoms with Crippen LogP contribution >= 0.6 is 0 Å². The summed E-state index contributed by atoms with van der Waals surface area (Å²) in [5.41, 5.74) is -1.24. The standard InChI is InChI=1S/C18H32O6/c1-10-11(2)13(24-16(21)18(6,7)8)14(19)23-12(10)9-22-15(20)17(3,4)5/h10-14,19H,9H2,1-8H3/t10-,11+,12?,13?,14?/m1/s1. The molecule has 1 rings (SSSR count). The maximum atomic E-state index is 12.1. The summed E-state index contributed by atoms with van der Waals surface area (Å²) >= 11 is 0. The van der Waals surface area contributed by atoms with Gasteiger partial charge in [-0.25, -0.2) is 0 Å². The average Bonchev–Trinajstić information content (AvgIpc) is 2.43. The number of aliphatic hydroxyl groups excluding tert-OH is 1. The Kier molecular flexibility index (Phi) is 6.44. The van der Waals surface area contributed by atoms with Crippen LogP contribution in [0.1, 0.15) is 55.4 Å². The molecule has 1 aliphatic rings. The minimum Gasteiger partial charge on any atom is -0.463 e. The van der Waals surface area contributed by atoms with Gasteiger partial charge in [-0.15, -0.1) is 0 Å². The molecular weight excluding hydrogens is 312 g/mol. The quantitative estimate of drug-likeness (QED) is 0.792. The molecule has 3 unspecified atom stereocenters. The van der Waals surface area contributed by atoms with Crippen LogP contribution in [0.4, 0.5) is 0 Å². The molecule has 0 saturated carbocycles. The Labute approximate surface area is 144 Å². The Morgan fingerprint density at radius 2 is 1.46 bits per heavy atom. The molecule has 6 heteroatoms.